The number of ether oxygens (including phenoxy) is 1. The van der Waals surface area contributed by atoms with Gasteiger partial charge in [0.05, 0.1) is 11.6 Å². The van der Waals surface area contributed by atoms with Crippen LogP contribution in [0.5, 0.6) is 5.75 Å². The summed E-state index contributed by atoms with van der Waals surface area (Å²) >= 11 is 6.04. The Kier molecular flexibility index (Phi) is 5.52. The first-order valence-corrected chi connectivity index (χ1v) is 8.79. The van der Waals surface area contributed by atoms with Crippen molar-refractivity contribution in [2.45, 2.75) is 19.6 Å². The van der Waals surface area contributed by atoms with E-state index in [4.69, 9.17) is 16.3 Å². The number of aryl methyl sites for hydroxylation is 1. The molecule has 1 atom stereocenters. The number of para-hydroxylation sites is 1. The maximum absolute atomic E-state index is 12.3. The van der Waals surface area contributed by atoms with Crippen molar-refractivity contribution in [2.75, 3.05) is 18.5 Å². The van der Waals surface area contributed by atoms with Gasteiger partial charge in [0.1, 0.15) is 18.5 Å². The van der Waals surface area contributed by atoms with E-state index >= 15 is 0 Å². The molecule has 0 aliphatic heterocycles. The lowest BCUT2D eigenvalue weighted by atomic mass is 10.3. The Morgan fingerprint density at radius 2 is 2.11 bits per heavy atom. The quantitative estimate of drug-likeness (QED) is 0.550. The molecule has 0 saturated heterocycles. The van der Waals surface area contributed by atoms with Crippen LogP contribution in [0.15, 0.2) is 33.9 Å². The Hall–Kier alpha value is -2.78. The lowest BCUT2D eigenvalue weighted by molar-refractivity contribution is 0.0939. The van der Waals surface area contributed by atoms with Crippen molar-refractivity contribution < 1.29 is 9.84 Å². The molecule has 0 amide bonds. The first kappa shape index (κ1) is 19.0. The molecule has 1 unspecified atom stereocenters. The largest absolute Gasteiger partial charge is 0.489 e. The minimum atomic E-state index is -0.937. The number of nitrogens with zero attached hydrogens (tertiary/aromatic N) is 3. The summed E-state index contributed by atoms with van der Waals surface area (Å²) in [6, 6.07) is 6.95. The number of benzene rings is 1. The number of aromatic nitrogens is 4. The van der Waals surface area contributed by atoms with E-state index in [1.165, 1.54) is 16.2 Å². The van der Waals surface area contributed by atoms with Crippen molar-refractivity contribution in [2.24, 2.45) is 7.05 Å². The number of halogens is 1. The molecule has 3 aromatic rings. The van der Waals surface area contributed by atoms with E-state index in [0.29, 0.717) is 23.3 Å². The molecule has 2 aromatic heterocycles. The van der Waals surface area contributed by atoms with E-state index in [0.717, 1.165) is 0 Å². The van der Waals surface area contributed by atoms with Crippen LogP contribution >= 0.6 is 11.6 Å². The van der Waals surface area contributed by atoms with Crippen LogP contribution in [0, 0.1) is 0 Å². The molecule has 0 spiro atoms. The number of imidazole rings is 1. The molecular formula is C17H20ClN5O4. The van der Waals surface area contributed by atoms with Crippen molar-refractivity contribution in [1.29, 1.82) is 0 Å². The summed E-state index contributed by atoms with van der Waals surface area (Å²) in [4.78, 5) is 30.7. The molecule has 10 heteroatoms. The third-order valence-electron chi connectivity index (χ3n) is 4.00. The zero-order chi connectivity index (χ0) is 19.6. The molecule has 0 saturated carbocycles. The normalized spacial score (nSPS) is 12.3. The third-order valence-corrected chi connectivity index (χ3v) is 4.32. The highest BCUT2D eigenvalue weighted by atomic mass is 35.5. The number of H-pyrrole nitrogens is 1. The molecule has 0 radical (unpaired) electrons. The van der Waals surface area contributed by atoms with Gasteiger partial charge in [-0.1, -0.05) is 23.7 Å². The van der Waals surface area contributed by atoms with Crippen molar-refractivity contribution in [1.82, 2.24) is 19.1 Å². The van der Waals surface area contributed by atoms with Crippen LogP contribution in [-0.2, 0) is 13.6 Å². The molecule has 2 heterocycles. The molecular weight excluding hydrogens is 374 g/mol. The Bertz CT molecular complexity index is 1070. The second kappa shape index (κ2) is 7.85. The predicted molar refractivity (Wildman–Crippen MR) is 103 cm³/mol. The van der Waals surface area contributed by atoms with Crippen LogP contribution in [0.2, 0.25) is 5.02 Å². The fourth-order valence-electron chi connectivity index (χ4n) is 2.72. The highest BCUT2D eigenvalue weighted by molar-refractivity contribution is 6.32. The Labute approximate surface area is 159 Å². The van der Waals surface area contributed by atoms with Crippen LogP contribution in [0.4, 0.5) is 5.95 Å². The van der Waals surface area contributed by atoms with Gasteiger partial charge in [0.15, 0.2) is 11.2 Å². The van der Waals surface area contributed by atoms with Gasteiger partial charge in [-0.15, -0.1) is 0 Å². The zero-order valence-electron chi connectivity index (χ0n) is 14.9. The summed E-state index contributed by atoms with van der Waals surface area (Å²) in [6.07, 6.45) is -0.937. The topological polar surface area (TPSA) is 114 Å². The van der Waals surface area contributed by atoms with E-state index in [-0.39, 0.29) is 24.3 Å². The van der Waals surface area contributed by atoms with Gasteiger partial charge in [-0.25, -0.2) is 4.79 Å². The summed E-state index contributed by atoms with van der Waals surface area (Å²) in [6.45, 7) is 2.45. The third kappa shape index (κ3) is 3.83. The fourth-order valence-corrected chi connectivity index (χ4v) is 2.91. The minimum Gasteiger partial charge on any atom is -0.489 e. The monoisotopic (exact) mass is 393 g/mol. The van der Waals surface area contributed by atoms with Crippen LogP contribution < -0.4 is 21.3 Å². The summed E-state index contributed by atoms with van der Waals surface area (Å²) in [7, 11) is 1.52. The fraction of sp³-hybridized carbons (Fsp3) is 0.353. The van der Waals surface area contributed by atoms with Gasteiger partial charge in [0.2, 0.25) is 5.95 Å². The minimum absolute atomic E-state index is 0.0291. The SMILES string of the molecule is CCNc1nc2c(c(=O)[nH]c(=O)n2C)n1CC(O)COc1ccccc1Cl. The van der Waals surface area contributed by atoms with E-state index in [9.17, 15) is 14.7 Å². The van der Waals surface area contributed by atoms with Gasteiger partial charge < -0.3 is 19.7 Å². The molecule has 0 fully saturated rings. The van der Waals surface area contributed by atoms with Crippen LogP contribution in [-0.4, -0.2) is 43.5 Å². The van der Waals surface area contributed by atoms with Gasteiger partial charge in [0.25, 0.3) is 5.56 Å². The van der Waals surface area contributed by atoms with Gasteiger partial charge in [-0.05, 0) is 19.1 Å². The summed E-state index contributed by atoms with van der Waals surface area (Å²) in [5.74, 6) is 0.844. The number of hydrogen-bond acceptors (Lipinski definition) is 6. The van der Waals surface area contributed by atoms with Gasteiger partial charge >= 0.3 is 5.69 Å². The van der Waals surface area contributed by atoms with Crippen molar-refractivity contribution in [3.63, 3.8) is 0 Å². The average Bonchev–Trinajstić information content (AvgIpc) is 2.98. The lowest BCUT2D eigenvalue weighted by Gasteiger charge is -2.16. The Balaban J connectivity index is 1.90. The number of rotatable bonds is 7. The Morgan fingerprint density at radius 1 is 1.37 bits per heavy atom. The van der Waals surface area contributed by atoms with Gasteiger partial charge in [0, 0.05) is 13.6 Å². The molecule has 1 aromatic carbocycles. The number of fused-ring (bicyclic) bond motifs is 1. The molecule has 9 nitrogen and oxygen atoms in total. The molecule has 3 rings (SSSR count). The second-order valence-electron chi connectivity index (χ2n) is 5.96. The van der Waals surface area contributed by atoms with Crippen LogP contribution in [0.25, 0.3) is 11.2 Å². The van der Waals surface area contributed by atoms with Crippen molar-refractivity contribution in [3.8, 4) is 5.75 Å². The number of aliphatic hydroxyl groups is 1. The maximum atomic E-state index is 12.3. The zero-order valence-corrected chi connectivity index (χ0v) is 15.7. The number of anilines is 1. The number of aliphatic hydroxyl groups excluding tert-OH is 1. The summed E-state index contributed by atoms with van der Waals surface area (Å²) in [5.41, 5.74) is -0.685. The highest BCUT2D eigenvalue weighted by Gasteiger charge is 2.19. The maximum Gasteiger partial charge on any atom is 0.329 e. The summed E-state index contributed by atoms with van der Waals surface area (Å²) < 4.78 is 8.35. The van der Waals surface area contributed by atoms with E-state index in [1.807, 2.05) is 6.92 Å². The van der Waals surface area contributed by atoms with Gasteiger partial charge in [-0.2, -0.15) is 4.98 Å². The molecule has 27 heavy (non-hydrogen) atoms. The molecule has 0 aliphatic rings. The lowest BCUT2D eigenvalue weighted by Crippen LogP contribution is -2.31. The van der Waals surface area contributed by atoms with E-state index in [2.05, 4.69) is 15.3 Å². The number of hydrogen-bond donors (Lipinski definition) is 3. The molecule has 0 aliphatic carbocycles. The van der Waals surface area contributed by atoms with Crippen LogP contribution in [0.3, 0.4) is 0 Å². The van der Waals surface area contributed by atoms with Crippen molar-refractivity contribution >= 4 is 28.7 Å². The van der Waals surface area contributed by atoms with E-state index in [1.54, 1.807) is 24.3 Å². The smallest absolute Gasteiger partial charge is 0.329 e. The average molecular weight is 394 g/mol. The first-order valence-electron chi connectivity index (χ1n) is 8.41. The number of aromatic amines is 1. The standard InChI is InChI=1S/C17H20ClN5O4/c1-3-19-16-20-14-13(15(25)21-17(26)22(14)2)23(16)8-10(24)9-27-12-7-5-4-6-11(12)18/h4-7,10,24H,3,8-9H2,1-2H3,(H,19,20)(H,21,25,26). The molecule has 144 valence electrons. The van der Waals surface area contributed by atoms with Crippen molar-refractivity contribution in [3.05, 3.63) is 50.1 Å². The Morgan fingerprint density at radius 3 is 2.81 bits per heavy atom. The second-order valence-corrected chi connectivity index (χ2v) is 6.37. The predicted octanol–water partition coefficient (Wildman–Crippen LogP) is 0.948. The number of nitrogens with one attached hydrogen (secondary N) is 2. The van der Waals surface area contributed by atoms with E-state index < -0.39 is 17.4 Å². The van der Waals surface area contributed by atoms with Gasteiger partial charge in [-0.3, -0.25) is 14.3 Å². The van der Waals surface area contributed by atoms with Crippen LogP contribution in [0.1, 0.15) is 6.92 Å². The molecule has 3 N–H and O–H groups in total. The summed E-state index contributed by atoms with van der Waals surface area (Å²) in [5, 5.41) is 13.9. The first-order chi connectivity index (χ1) is 12.9. The highest BCUT2D eigenvalue weighted by Crippen LogP contribution is 2.23. The molecule has 0 bridgehead atoms.